The third-order valence-corrected chi connectivity index (χ3v) is 6.35. The molecule has 2 unspecified atom stereocenters. The highest BCUT2D eigenvalue weighted by Gasteiger charge is 2.24. The lowest BCUT2D eigenvalue weighted by atomic mass is 9.89. The van der Waals surface area contributed by atoms with Gasteiger partial charge in [-0.15, -0.1) is 11.8 Å². The van der Waals surface area contributed by atoms with E-state index in [1.54, 1.807) is 4.90 Å². The molecule has 3 amide bonds. The van der Waals surface area contributed by atoms with Gasteiger partial charge < -0.3 is 26.0 Å². The largest absolute Gasteiger partial charge is 0.391 e. The van der Waals surface area contributed by atoms with Gasteiger partial charge in [-0.1, -0.05) is 26.8 Å². The number of aliphatic hydroxyl groups is 1. The van der Waals surface area contributed by atoms with Gasteiger partial charge in [0.15, 0.2) is 0 Å². The van der Waals surface area contributed by atoms with Crippen molar-refractivity contribution in [2.24, 2.45) is 11.8 Å². The number of rotatable bonds is 6. The number of amides is 3. The molecule has 9 heteroatoms. The van der Waals surface area contributed by atoms with E-state index in [1.807, 2.05) is 11.8 Å². The van der Waals surface area contributed by atoms with E-state index in [0.717, 1.165) is 37.6 Å². The highest BCUT2D eigenvalue weighted by Crippen LogP contribution is 2.37. The lowest BCUT2D eigenvalue weighted by molar-refractivity contribution is -0.131. The van der Waals surface area contributed by atoms with Crippen LogP contribution in [0.15, 0.2) is 22.3 Å². The summed E-state index contributed by atoms with van der Waals surface area (Å²) in [5, 5.41) is 17.7. The third kappa shape index (κ3) is 12.1. The molecule has 0 saturated carbocycles. The molecule has 0 spiro atoms. The van der Waals surface area contributed by atoms with Gasteiger partial charge >= 0.3 is 0 Å². The Morgan fingerprint density at radius 2 is 2.03 bits per heavy atom. The summed E-state index contributed by atoms with van der Waals surface area (Å²) in [5.41, 5.74) is 2.82. The van der Waals surface area contributed by atoms with E-state index in [2.05, 4.69) is 49.7 Å². The number of allylic oxidation sites excluding steroid dienone is 3. The molecule has 0 bridgehead atoms. The molecule has 1 saturated heterocycles. The summed E-state index contributed by atoms with van der Waals surface area (Å²) >= 11 is 1.90. The maximum Gasteiger partial charge on any atom is 0.242 e. The van der Waals surface area contributed by atoms with Gasteiger partial charge in [0.2, 0.25) is 18.2 Å². The van der Waals surface area contributed by atoms with Crippen LogP contribution in [0.5, 0.6) is 0 Å². The number of nitrogens with one attached hydrogen (secondary N) is 3. The molecule has 0 aromatic heterocycles. The molecule has 188 valence electrons. The molecule has 1 aliphatic carbocycles. The van der Waals surface area contributed by atoms with Crippen LogP contribution in [-0.4, -0.2) is 66.4 Å². The SMILES string of the molecule is CC(=O)NCC(=O)N1CCC(O)C1.CC(C)C.CC1=C(C2=CCC(CNC=O)CC2)SCN1. The number of carbonyl (C=O) groups is 3. The summed E-state index contributed by atoms with van der Waals surface area (Å²) in [4.78, 5) is 35.0. The highest BCUT2D eigenvalue weighted by atomic mass is 32.2. The lowest BCUT2D eigenvalue weighted by Crippen LogP contribution is -2.38. The topological polar surface area (TPSA) is 111 Å². The van der Waals surface area contributed by atoms with Crippen LogP contribution in [0.2, 0.25) is 0 Å². The lowest BCUT2D eigenvalue weighted by Gasteiger charge is -2.22. The van der Waals surface area contributed by atoms with E-state index in [0.29, 0.717) is 25.4 Å². The van der Waals surface area contributed by atoms with Crippen molar-refractivity contribution in [3.05, 3.63) is 22.3 Å². The van der Waals surface area contributed by atoms with Gasteiger partial charge in [0.1, 0.15) is 0 Å². The standard InChI is InChI=1S/C12H18N2OS.C8H14N2O3.C4H10/c1-9-12(16-8-14-9)11-4-2-10(3-5-11)6-13-7-15;1-6(11)9-4-8(13)10-3-2-7(12)5-10;1-4(2)3/h4,7,10,14H,2-3,5-6,8H2,1H3,(H,13,15);7,12H,2-5H2,1H3,(H,9,11);4H,1-3H3. The molecule has 3 rings (SSSR count). The van der Waals surface area contributed by atoms with Gasteiger partial charge in [0.25, 0.3) is 0 Å². The summed E-state index contributed by atoms with van der Waals surface area (Å²) in [7, 11) is 0. The molecule has 0 aromatic rings. The summed E-state index contributed by atoms with van der Waals surface area (Å²) < 4.78 is 0. The van der Waals surface area contributed by atoms with Gasteiger partial charge in [0, 0.05) is 37.2 Å². The van der Waals surface area contributed by atoms with Crippen molar-refractivity contribution in [2.45, 2.75) is 66.4 Å². The van der Waals surface area contributed by atoms with Crippen LogP contribution in [0.25, 0.3) is 0 Å². The molecule has 0 aromatic carbocycles. The number of β-amino-alcohol motifs (C(OH)–C–C–N with tert-alkyl or cyclic N) is 1. The van der Waals surface area contributed by atoms with Crippen molar-refractivity contribution in [1.29, 1.82) is 0 Å². The zero-order valence-corrected chi connectivity index (χ0v) is 21.6. The Bertz CT molecular complexity index is 706. The van der Waals surface area contributed by atoms with Crippen LogP contribution in [0.1, 0.15) is 60.3 Å². The van der Waals surface area contributed by atoms with Gasteiger partial charge in [-0.05, 0) is 50.0 Å². The van der Waals surface area contributed by atoms with Crippen molar-refractivity contribution >= 4 is 30.0 Å². The van der Waals surface area contributed by atoms with E-state index in [1.165, 1.54) is 29.5 Å². The summed E-state index contributed by atoms with van der Waals surface area (Å²) in [5.74, 6) is 2.11. The van der Waals surface area contributed by atoms with E-state index in [-0.39, 0.29) is 18.4 Å². The van der Waals surface area contributed by atoms with Gasteiger partial charge in [0.05, 0.1) is 18.5 Å². The van der Waals surface area contributed by atoms with Gasteiger partial charge in [-0.2, -0.15) is 0 Å². The van der Waals surface area contributed by atoms with E-state index in [4.69, 9.17) is 5.11 Å². The summed E-state index contributed by atoms with van der Waals surface area (Å²) in [6.45, 7) is 11.8. The predicted octanol–water partition coefficient (Wildman–Crippen LogP) is 2.36. The molecule has 4 N–H and O–H groups in total. The second kappa shape index (κ2) is 15.8. The molecule has 3 aliphatic rings. The quantitative estimate of drug-likeness (QED) is 0.433. The van der Waals surface area contributed by atoms with Crippen LogP contribution in [-0.2, 0) is 14.4 Å². The summed E-state index contributed by atoms with van der Waals surface area (Å²) in [6, 6.07) is 0. The molecular weight excluding hydrogens is 440 g/mol. The first-order chi connectivity index (χ1) is 15.6. The van der Waals surface area contributed by atoms with Crippen LogP contribution < -0.4 is 16.0 Å². The van der Waals surface area contributed by atoms with Crippen molar-refractivity contribution in [3.63, 3.8) is 0 Å². The Balaban J connectivity index is 0.000000289. The molecule has 8 nitrogen and oxygen atoms in total. The fourth-order valence-corrected chi connectivity index (χ4v) is 4.61. The molecule has 2 heterocycles. The first-order valence-corrected chi connectivity index (χ1v) is 12.8. The molecule has 2 aliphatic heterocycles. The predicted molar refractivity (Wildman–Crippen MR) is 134 cm³/mol. The maximum absolute atomic E-state index is 11.3. The monoisotopic (exact) mass is 482 g/mol. The van der Waals surface area contributed by atoms with Crippen molar-refractivity contribution < 1.29 is 19.5 Å². The number of nitrogens with zero attached hydrogens (tertiary/aromatic N) is 1. The second-order valence-electron chi connectivity index (χ2n) is 9.24. The van der Waals surface area contributed by atoms with Gasteiger partial charge in [-0.3, -0.25) is 14.4 Å². The number of hydrogen-bond acceptors (Lipinski definition) is 6. The minimum Gasteiger partial charge on any atom is -0.391 e. The Morgan fingerprint density at radius 3 is 2.48 bits per heavy atom. The average molecular weight is 483 g/mol. The zero-order valence-electron chi connectivity index (χ0n) is 20.8. The molecule has 33 heavy (non-hydrogen) atoms. The molecule has 1 fully saturated rings. The minimum atomic E-state index is -0.402. The van der Waals surface area contributed by atoms with Crippen molar-refractivity contribution in [3.8, 4) is 0 Å². The van der Waals surface area contributed by atoms with Crippen LogP contribution in [0.3, 0.4) is 0 Å². The van der Waals surface area contributed by atoms with Crippen LogP contribution in [0.4, 0.5) is 0 Å². The fraction of sp³-hybridized carbons (Fsp3) is 0.708. The smallest absolute Gasteiger partial charge is 0.242 e. The number of likely N-dealkylation sites (tertiary alicyclic amines) is 1. The van der Waals surface area contributed by atoms with Crippen molar-refractivity contribution in [2.75, 3.05) is 32.1 Å². The molecule has 2 atom stereocenters. The van der Waals surface area contributed by atoms with E-state index >= 15 is 0 Å². The van der Waals surface area contributed by atoms with Crippen molar-refractivity contribution in [1.82, 2.24) is 20.9 Å². The minimum absolute atomic E-state index is 0.0298. The Morgan fingerprint density at radius 1 is 1.33 bits per heavy atom. The van der Waals surface area contributed by atoms with Crippen LogP contribution in [0, 0.1) is 11.8 Å². The number of thioether (sulfide) groups is 1. The normalized spacial score (nSPS) is 21.8. The molecule has 0 radical (unpaired) electrons. The average Bonchev–Trinajstić information content (AvgIpc) is 3.39. The number of carbonyl (C=O) groups excluding carboxylic acids is 3. The molecular formula is C24H42N4O4S. The van der Waals surface area contributed by atoms with Crippen LogP contribution >= 0.6 is 11.8 Å². The first-order valence-electron chi connectivity index (χ1n) is 11.8. The second-order valence-corrected chi connectivity index (χ2v) is 10.2. The van der Waals surface area contributed by atoms with E-state index in [9.17, 15) is 14.4 Å². The summed E-state index contributed by atoms with van der Waals surface area (Å²) in [6.07, 6.45) is 6.79. The van der Waals surface area contributed by atoms with E-state index < -0.39 is 6.10 Å². The third-order valence-electron chi connectivity index (χ3n) is 5.20. The number of aliphatic hydroxyl groups excluding tert-OH is 1. The zero-order chi connectivity index (χ0) is 24.8. The Labute approximate surface area is 203 Å². The van der Waals surface area contributed by atoms with Gasteiger partial charge in [-0.25, -0.2) is 0 Å². The highest BCUT2D eigenvalue weighted by molar-refractivity contribution is 8.03. The Hall–Kier alpha value is -2.00. The first kappa shape index (κ1) is 29.0. The maximum atomic E-state index is 11.3. The fourth-order valence-electron chi connectivity index (χ4n) is 3.51. The Kier molecular flexibility index (Phi) is 13.9. The number of hydrogen-bond donors (Lipinski definition) is 4.